The largest absolute Gasteiger partial charge is 0.482 e. The van der Waals surface area contributed by atoms with Crippen LogP contribution in [-0.2, 0) is 11.3 Å². The van der Waals surface area contributed by atoms with Crippen molar-refractivity contribution in [1.29, 1.82) is 0 Å². The Labute approximate surface area is 126 Å². The molecule has 2 rings (SSSR count). The summed E-state index contributed by atoms with van der Waals surface area (Å²) in [5.74, 6) is 0.589. The Morgan fingerprint density at radius 2 is 2.19 bits per heavy atom. The molecule has 0 saturated heterocycles. The molecule has 0 spiro atoms. The van der Waals surface area contributed by atoms with Crippen LogP contribution in [0.1, 0.15) is 44.7 Å². The van der Waals surface area contributed by atoms with Gasteiger partial charge in [0, 0.05) is 12.6 Å². The van der Waals surface area contributed by atoms with Gasteiger partial charge in [-0.15, -0.1) is 0 Å². The van der Waals surface area contributed by atoms with Gasteiger partial charge in [-0.25, -0.2) is 0 Å². The van der Waals surface area contributed by atoms with Crippen molar-refractivity contribution in [2.45, 2.75) is 51.6 Å². The van der Waals surface area contributed by atoms with Crippen molar-refractivity contribution < 1.29 is 9.53 Å². The Kier molecular flexibility index (Phi) is 6.47. The molecule has 5 nitrogen and oxygen atoms in total. The van der Waals surface area contributed by atoms with Crippen LogP contribution >= 0.6 is 0 Å². The fraction of sp³-hybridized carbons (Fsp3) is 0.625. The number of pyridine rings is 1. The molecule has 1 aromatic rings. The summed E-state index contributed by atoms with van der Waals surface area (Å²) in [4.78, 5) is 16.1. The van der Waals surface area contributed by atoms with Gasteiger partial charge in [0.2, 0.25) is 0 Å². The van der Waals surface area contributed by atoms with E-state index in [9.17, 15) is 4.79 Å². The minimum atomic E-state index is -0.0458. The molecular formula is C16H25N3O2. The zero-order chi connectivity index (χ0) is 14.9. The van der Waals surface area contributed by atoms with Gasteiger partial charge in [0.1, 0.15) is 5.75 Å². The first kappa shape index (κ1) is 15.8. The molecule has 1 aliphatic carbocycles. The van der Waals surface area contributed by atoms with Gasteiger partial charge in [0.15, 0.2) is 6.61 Å². The van der Waals surface area contributed by atoms with Crippen LogP contribution in [0.15, 0.2) is 18.3 Å². The molecule has 1 aliphatic rings. The highest BCUT2D eigenvalue weighted by atomic mass is 16.5. The Hall–Kier alpha value is -1.62. The number of aromatic nitrogens is 1. The number of nitrogens with one attached hydrogen (secondary N) is 2. The number of hydrogen-bond acceptors (Lipinski definition) is 4. The van der Waals surface area contributed by atoms with Crippen LogP contribution in [0.3, 0.4) is 0 Å². The second kappa shape index (κ2) is 8.62. The van der Waals surface area contributed by atoms with Crippen LogP contribution in [-0.4, -0.2) is 30.1 Å². The van der Waals surface area contributed by atoms with E-state index in [0.29, 0.717) is 11.8 Å². The van der Waals surface area contributed by atoms with Crippen molar-refractivity contribution in [2.75, 3.05) is 13.2 Å². The number of carbonyl (C=O) groups is 1. The summed E-state index contributed by atoms with van der Waals surface area (Å²) in [5.41, 5.74) is 0.978. The van der Waals surface area contributed by atoms with E-state index in [1.165, 1.54) is 12.8 Å². The van der Waals surface area contributed by atoms with Crippen molar-refractivity contribution >= 4 is 5.91 Å². The molecule has 1 saturated carbocycles. The summed E-state index contributed by atoms with van der Waals surface area (Å²) in [7, 11) is 0. The molecule has 1 fully saturated rings. The van der Waals surface area contributed by atoms with Gasteiger partial charge in [-0.3, -0.25) is 9.78 Å². The molecule has 0 radical (unpaired) electrons. The quantitative estimate of drug-likeness (QED) is 0.719. The summed E-state index contributed by atoms with van der Waals surface area (Å²) in [6.45, 7) is 3.94. The molecular weight excluding hydrogens is 266 g/mol. The Morgan fingerprint density at radius 3 is 2.86 bits per heavy atom. The minimum absolute atomic E-state index is 0.0458. The Bertz CT molecular complexity index is 428. The zero-order valence-corrected chi connectivity index (χ0v) is 12.7. The lowest BCUT2D eigenvalue weighted by molar-refractivity contribution is -0.123. The topological polar surface area (TPSA) is 63.2 Å². The number of carbonyl (C=O) groups excluding carboxylic acids is 1. The second-order valence-corrected chi connectivity index (χ2v) is 5.50. The average Bonchev–Trinajstić information content (AvgIpc) is 2.99. The summed E-state index contributed by atoms with van der Waals surface area (Å²) in [6, 6.07) is 4.12. The highest BCUT2D eigenvalue weighted by molar-refractivity contribution is 5.77. The highest BCUT2D eigenvalue weighted by Crippen LogP contribution is 2.17. The maximum absolute atomic E-state index is 11.7. The number of ether oxygens (including phenoxy) is 1. The third-order valence-electron chi connectivity index (χ3n) is 3.62. The predicted octanol–water partition coefficient (Wildman–Crippen LogP) is 2.02. The molecule has 0 atom stereocenters. The van der Waals surface area contributed by atoms with Crippen LogP contribution < -0.4 is 15.4 Å². The lowest BCUT2D eigenvalue weighted by Crippen LogP contribution is -2.36. The fourth-order valence-electron chi connectivity index (χ4n) is 2.48. The SMILES string of the molecule is CCCNCc1ccc(OCC(=O)NC2CCCC2)cn1. The van der Waals surface area contributed by atoms with E-state index in [1.54, 1.807) is 6.20 Å². The lowest BCUT2D eigenvalue weighted by atomic mass is 10.2. The summed E-state index contributed by atoms with van der Waals surface area (Å²) < 4.78 is 5.46. The van der Waals surface area contributed by atoms with Crippen molar-refractivity contribution in [1.82, 2.24) is 15.6 Å². The first-order chi connectivity index (χ1) is 10.3. The second-order valence-electron chi connectivity index (χ2n) is 5.50. The minimum Gasteiger partial charge on any atom is -0.482 e. The number of rotatable bonds is 8. The van der Waals surface area contributed by atoms with Crippen LogP contribution in [0.2, 0.25) is 0 Å². The molecule has 1 heterocycles. The zero-order valence-electron chi connectivity index (χ0n) is 12.7. The van der Waals surface area contributed by atoms with E-state index >= 15 is 0 Å². The molecule has 0 aliphatic heterocycles. The van der Waals surface area contributed by atoms with E-state index in [1.807, 2.05) is 12.1 Å². The normalized spacial score (nSPS) is 15.1. The van der Waals surface area contributed by atoms with Crippen molar-refractivity contribution in [3.8, 4) is 5.75 Å². The van der Waals surface area contributed by atoms with E-state index < -0.39 is 0 Å². The van der Waals surface area contributed by atoms with E-state index in [2.05, 4.69) is 22.5 Å². The highest BCUT2D eigenvalue weighted by Gasteiger charge is 2.17. The van der Waals surface area contributed by atoms with Crippen molar-refractivity contribution in [2.24, 2.45) is 0 Å². The lowest BCUT2D eigenvalue weighted by Gasteiger charge is -2.12. The molecule has 5 heteroatoms. The maximum Gasteiger partial charge on any atom is 0.258 e. The van der Waals surface area contributed by atoms with Gasteiger partial charge >= 0.3 is 0 Å². The van der Waals surface area contributed by atoms with Crippen molar-refractivity contribution in [3.63, 3.8) is 0 Å². The molecule has 0 unspecified atom stereocenters. The van der Waals surface area contributed by atoms with Crippen LogP contribution in [0, 0.1) is 0 Å². The monoisotopic (exact) mass is 291 g/mol. The first-order valence-electron chi connectivity index (χ1n) is 7.85. The molecule has 1 amide bonds. The third-order valence-corrected chi connectivity index (χ3v) is 3.62. The standard InChI is InChI=1S/C16H25N3O2/c1-2-9-17-10-14-7-8-15(11-18-14)21-12-16(20)19-13-5-3-4-6-13/h7-8,11,13,17H,2-6,9-10,12H2,1H3,(H,19,20). The van der Waals surface area contributed by atoms with Crippen LogP contribution in [0.25, 0.3) is 0 Å². The first-order valence-corrected chi connectivity index (χ1v) is 7.85. The Balaban J connectivity index is 1.68. The van der Waals surface area contributed by atoms with Crippen molar-refractivity contribution in [3.05, 3.63) is 24.0 Å². The molecule has 116 valence electrons. The molecule has 1 aromatic heterocycles. The van der Waals surface area contributed by atoms with Gasteiger partial charge in [0.25, 0.3) is 5.91 Å². The Morgan fingerprint density at radius 1 is 1.38 bits per heavy atom. The molecule has 0 bridgehead atoms. The average molecular weight is 291 g/mol. The van der Waals surface area contributed by atoms with Gasteiger partial charge < -0.3 is 15.4 Å². The molecule has 2 N–H and O–H groups in total. The molecule has 0 aromatic carbocycles. The smallest absolute Gasteiger partial charge is 0.258 e. The molecule has 21 heavy (non-hydrogen) atoms. The van der Waals surface area contributed by atoms with Crippen LogP contribution in [0.4, 0.5) is 0 Å². The van der Waals surface area contributed by atoms with Gasteiger partial charge in [0.05, 0.1) is 11.9 Å². The van der Waals surface area contributed by atoms with E-state index in [-0.39, 0.29) is 12.5 Å². The van der Waals surface area contributed by atoms with E-state index in [0.717, 1.165) is 38.0 Å². The summed E-state index contributed by atoms with van der Waals surface area (Å²) >= 11 is 0. The fourth-order valence-corrected chi connectivity index (χ4v) is 2.48. The van der Waals surface area contributed by atoms with Gasteiger partial charge in [-0.05, 0) is 37.9 Å². The van der Waals surface area contributed by atoms with Crippen LogP contribution in [0.5, 0.6) is 5.75 Å². The number of nitrogens with zero attached hydrogens (tertiary/aromatic N) is 1. The third kappa shape index (κ3) is 5.71. The summed E-state index contributed by atoms with van der Waals surface area (Å²) in [6.07, 6.45) is 7.38. The summed E-state index contributed by atoms with van der Waals surface area (Å²) in [5, 5.41) is 6.29. The predicted molar refractivity (Wildman–Crippen MR) is 82.1 cm³/mol. The number of hydrogen-bond donors (Lipinski definition) is 2. The maximum atomic E-state index is 11.7. The van der Waals surface area contributed by atoms with Gasteiger partial charge in [-0.2, -0.15) is 0 Å². The number of amides is 1. The van der Waals surface area contributed by atoms with Gasteiger partial charge in [-0.1, -0.05) is 19.8 Å². The van der Waals surface area contributed by atoms with E-state index in [4.69, 9.17) is 4.74 Å².